The standard InChI is InChI=1S/C64H44BN3S/c1-39-26-29-43(30-27-39)68-57-35-44(66(41-16-6-4-7-17-41)42-18-8-5-9-19-42)31-32-46(57)52-36-49(40-28-33-54-50(34-40)45-20-10-13-23-53(45)64(54,2)3)61-48-22-11-14-24-56(48)67-58-37-51-47-21-12-15-25-59(47)69-60(51)38-55(58)65(68)62(52)63(61)67/h4-38H,1-3H3. The molecule has 0 amide bonds. The number of hydrogen-bond donors (Lipinski definition) is 0. The molecule has 0 N–H and O–H groups in total. The largest absolute Gasteiger partial charge is 0.376 e. The highest BCUT2D eigenvalue weighted by molar-refractivity contribution is 7.26. The average molecular weight is 898 g/mol. The van der Waals surface area contributed by atoms with Gasteiger partial charge in [0.05, 0.1) is 11.0 Å². The predicted molar refractivity (Wildman–Crippen MR) is 295 cm³/mol. The summed E-state index contributed by atoms with van der Waals surface area (Å²) in [5, 5.41) is 5.20. The van der Waals surface area contributed by atoms with E-state index in [4.69, 9.17) is 0 Å². The highest BCUT2D eigenvalue weighted by Gasteiger charge is 2.45. The van der Waals surface area contributed by atoms with Crippen LogP contribution in [0.5, 0.6) is 0 Å². The molecule has 0 saturated carbocycles. The Balaban J connectivity index is 1.09. The van der Waals surface area contributed by atoms with Gasteiger partial charge in [-0.05, 0) is 142 Å². The minimum Gasteiger partial charge on any atom is -0.376 e. The molecule has 0 saturated heterocycles. The van der Waals surface area contributed by atoms with Crippen LogP contribution >= 0.6 is 11.3 Å². The van der Waals surface area contributed by atoms with Gasteiger partial charge in [-0.25, -0.2) is 0 Å². The summed E-state index contributed by atoms with van der Waals surface area (Å²) in [6.07, 6.45) is 0. The SMILES string of the molecule is Cc1ccc(N2B3c4cc5sc6ccccc6c5cc4-n4c5ccccc5c5c(-c6ccc7c(c6)-c6ccccc6C7(C)C)cc(c3c54)-c3ccc(N(c4ccccc4)c4ccccc4)cc32)cc1. The van der Waals surface area contributed by atoms with Crippen LogP contribution in [0.1, 0.15) is 30.5 Å². The van der Waals surface area contributed by atoms with E-state index < -0.39 is 0 Å². The lowest BCUT2D eigenvalue weighted by Gasteiger charge is -2.43. The van der Waals surface area contributed by atoms with Gasteiger partial charge in [-0.1, -0.05) is 147 Å². The Bertz CT molecular complexity index is 4090. The Morgan fingerprint density at radius 1 is 0.478 bits per heavy atom. The molecule has 1 aliphatic carbocycles. The molecular formula is C64H44BN3S. The molecule has 0 bridgehead atoms. The van der Waals surface area contributed by atoms with Crippen molar-refractivity contribution in [3.63, 3.8) is 0 Å². The van der Waals surface area contributed by atoms with E-state index in [2.05, 4.69) is 247 Å². The summed E-state index contributed by atoms with van der Waals surface area (Å²) in [7, 11) is 0. The summed E-state index contributed by atoms with van der Waals surface area (Å²) in [4.78, 5) is 5.07. The minimum atomic E-state index is -0.127. The normalized spacial score (nSPS) is 13.8. The zero-order chi connectivity index (χ0) is 45.7. The minimum absolute atomic E-state index is 0.0793. The van der Waals surface area contributed by atoms with Crippen LogP contribution in [0.4, 0.5) is 28.4 Å². The highest BCUT2D eigenvalue weighted by atomic mass is 32.1. The van der Waals surface area contributed by atoms with E-state index in [0.29, 0.717) is 0 Å². The quantitative estimate of drug-likeness (QED) is 0.160. The molecule has 0 atom stereocenters. The lowest BCUT2D eigenvalue weighted by molar-refractivity contribution is 0.660. The number of rotatable bonds is 5. The summed E-state index contributed by atoms with van der Waals surface area (Å²) < 4.78 is 5.26. The van der Waals surface area contributed by atoms with Crippen molar-refractivity contribution in [2.45, 2.75) is 26.2 Å². The first-order valence-corrected chi connectivity index (χ1v) is 24.9. The molecule has 0 spiro atoms. The maximum Gasteiger partial charge on any atom is 0.333 e. The van der Waals surface area contributed by atoms with Crippen molar-refractivity contribution in [2.75, 3.05) is 9.71 Å². The maximum absolute atomic E-state index is 2.67. The molecule has 12 aromatic rings. The van der Waals surface area contributed by atoms with Gasteiger partial charge in [0.2, 0.25) is 0 Å². The average Bonchev–Trinajstić information content (AvgIpc) is 4.01. The Kier molecular flexibility index (Phi) is 8.02. The molecule has 15 rings (SSSR count). The third-order valence-electron chi connectivity index (χ3n) is 15.6. The second-order valence-corrected chi connectivity index (χ2v) is 20.8. The Morgan fingerprint density at radius 2 is 1.17 bits per heavy atom. The first-order chi connectivity index (χ1) is 33.9. The zero-order valence-corrected chi connectivity index (χ0v) is 39.4. The van der Waals surface area contributed by atoms with Crippen molar-refractivity contribution in [1.82, 2.24) is 4.57 Å². The van der Waals surface area contributed by atoms with Crippen LogP contribution in [-0.2, 0) is 5.41 Å². The van der Waals surface area contributed by atoms with Gasteiger partial charge in [0.15, 0.2) is 0 Å². The number of fused-ring (bicyclic) bond motifs is 14. The number of nitrogens with zero attached hydrogens (tertiary/aromatic N) is 3. The monoisotopic (exact) mass is 897 g/mol. The molecule has 0 fully saturated rings. The summed E-state index contributed by atoms with van der Waals surface area (Å²) in [5.41, 5.74) is 23.8. The van der Waals surface area contributed by atoms with E-state index >= 15 is 0 Å². The van der Waals surface area contributed by atoms with Crippen molar-refractivity contribution >= 4 is 99.5 Å². The fraction of sp³-hybridized carbons (Fsp3) is 0.0625. The van der Waals surface area contributed by atoms with Crippen molar-refractivity contribution in [2.24, 2.45) is 0 Å². The van der Waals surface area contributed by atoms with Crippen LogP contribution in [0, 0.1) is 6.92 Å². The molecule has 0 unspecified atom stereocenters. The number of benzene rings is 10. The second-order valence-electron chi connectivity index (χ2n) is 19.7. The number of hydrogen-bond acceptors (Lipinski definition) is 3. The molecule has 324 valence electrons. The van der Waals surface area contributed by atoms with Crippen molar-refractivity contribution in [1.29, 1.82) is 0 Å². The van der Waals surface area contributed by atoms with E-state index in [-0.39, 0.29) is 12.3 Å². The van der Waals surface area contributed by atoms with E-state index in [1.54, 1.807) is 0 Å². The molecule has 5 heteroatoms. The van der Waals surface area contributed by atoms with E-state index in [1.807, 2.05) is 11.3 Å². The van der Waals surface area contributed by atoms with Gasteiger partial charge in [0, 0.05) is 76.0 Å². The van der Waals surface area contributed by atoms with Gasteiger partial charge in [0.1, 0.15) is 0 Å². The molecule has 0 radical (unpaired) electrons. The first kappa shape index (κ1) is 38.9. The van der Waals surface area contributed by atoms with Gasteiger partial charge >= 0.3 is 6.85 Å². The lowest BCUT2D eigenvalue weighted by Crippen LogP contribution is -2.60. The summed E-state index contributed by atoms with van der Waals surface area (Å²) in [6.45, 7) is 6.81. The molecule has 4 heterocycles. The maximum atomic E-state index is 2.67. The number of anilines is 5. The Hall–Kier alpha value is -8.12. The number of aromatic nitrogens is 1. The van der Waals surface area contributed by atoms with Crippen LogP contribution in [0.15, 0.2) is 212 Å². The molecular weight excluding hydrogens is 854 g/mol. The predicted octanol–water partition coefficient (Wildman–Crippen LogP) is 16.1. The Morgan fingerprint density at radius 3 is 1.97 bits per heavy atom. The molecule has 2 aliphatic heterocycles. The van der Waals surface area contributed by atoms with E-state index in [0.717, 1.165) is 17.1 Å². The Labute approximate surface area is 405 Å². The molecule has 10 aromatic carbocycles. The zero-order valence-electron chi connectivity index (χ0n) is 38.5. The summed E-state index contributed by atoms with van der Waals surface area (Å²) in [6, 6.07) is 80.0. The topological polar surface area (TPSA) is 11.4 Å². The fourth-order valence-electron chi connectivity index (χ4n) is 12.5. The smallest absolute Gasteiger partial charge is 0.333 e. The van der Waals surface area contributed by atoms with Crippen LogP contribution in [0.25, 0.3) is 81.0 Å². The molecule has 2 aromatic heterocycles. The third kappa shape index (κ3) is 5.39. The summed E-state index contributed by atoms with van der Waals surface area (Å²) >= 11 is 1.90. The molecule has 3 aliphatic rings. The van der Waals surface area contributed by atoms with Gasteiger partial charge in [-0.3, -0.25) is 0 Å². The van der Waals surface area contributed by atoms with Gasteiger partial charge < -0.3 is 14.3 Å². The van der Waals surface area contributed by atoms with E-state index in [9.17, 15) is 0 Å². The second kappa shape index (κ2) is 14.2. The van der Waals surface area contributed by atoms with Crippen molar-refractivity contribution in [3.05, 3.63) is 229 Å². The lowest BCUT2D eigenvalue weighted by atomic mass is 9.43. The third-order valence-corrected chi connectivity index (χ3v) is 16.7. The fourth-order valence-corrected chi connectivity index (χ4v) is 13.6. The summed E-state index contributed by atoms with van der Waals surface area (Å²) in [5.74, 6) is 0. The molecule has 3 nitrogen and oxygen atoms in total. The van der Waals surface area contributed by atoms with Crippen LogP contribution < -0.4 is 20.6 Å². The van der Waals surface area contributed by atoms with Crippen LogP contribution in [-0.4, -0.2) is 11.4 Å². The van der Waals surface area contributed by atoms with E-state index in [1.165, 1.54) is 120 Å². The molecule has 69 heavy (non-hydrogen) atoms. The van der Waals surface area contributed by atoms with Crippen LogP contribution in [0.3, 0.4) is 0 Å². The van der Waals surface area contributed by atoms with Gasteiger partial charge in [-0.15, -0.1) is 11.3 Å². The van der Waals surface area contributed by atoms with Gasteiger partial charge in [0.25, 0.3) is 0 Å². The van der Waals surface area contributed by atoms with Crippen LogP contribution in [0.2, 0.25) is 0 Å². The number of para-hydroxylation sites is 3. The first-order valence-electron chi connectivity index (χ1n) is 24.1. The number of thiophene rings is 1. The highest BCUT2D eigenvalue weighted by Crippen LogP contribution is 2.53. The number of aryl methyl sites for hydroxylation is 1. The van der Waals surface area contributed by atoms with Crippen molar-refractivity contribution < 1.29 is 0 Å². The van der Waals surface area contributed by atoms with Crippen molar-refractivity contribution in [3.8, 4) is 39.1 Å². The van der Waals surface area contributed by atoms with Gasteiger partial charge in [-0.2, -0.15) is 0 Å².